The van der Waals surface area contributed by atoms with Gasteiger partial charge in [-0.1, -0.05) is 6.07 Å². The van der Waals surface area contributed by atoms with Gasteiger partial charge in [0.1, 0.15) is 11.6 Å². The first-order valence-corrected chi connectivity index (χ1v) is 13.8. The molecule has 12 nitrogen and oxygen atoms in total. The summed E-state index contributed by atoms with van der Waals surface area (Å²) in [5, 5.41) is 18.4. The molecule has 2 fully saturated rings. The fourth-order valence-corrected chi connectivity index (χ4v) is 5.45. The zero-order chi connectivity index (χ0) is 27.3. The highest BCUT2D eigenvalue weighted by atomic mass is 16.6. The molecule has 0 radical (unpaired) electrons. The van der Waals surface area contributed by atoms with Gasteiger partial charge < -0.3 is 24.8 Å². The summed E-state index contributed by atoms with van der Waals surface area (Å²) in [6, 6.07) is 7.67. The number of amides is 1. The lowest BCUT2D eigenvalue weighted by molar-refractivity contribution is 0.0996. The van der Waals surface area contributed by atoms with E-state index in [1.807, 2.05) is 31.3 Å². The number of pyridine rings is 2. The normalized spacial score (nSPS) is 20.6. The van der Waals surface area contributed by atoms with E-state index in [0.29, 0.717) is 36.3 Å². The number of aromatic amines is 1. The summed E-state index contributed by atoms with van der Waals surface area (Å²) in [6.07, 6.45) is 9.13. The van der Waals surface area contributed by atoms with Gasteiger partial charge in [0, 0.05) is 63.1 Å². The summed E-state index contributed by atoms with van der Waals surface area (Å²) in [7, 11) is 1.88. The van der Waals surface area contributed by atoms with Gasteiger partial charge in [-0.15, -0.1) is 5.10 Å². The van der Waals surface area contributed by atoms with Gasteiger partial charge in [-0.05, 0) is 55.7 Å². The summed E-state index contributed by atoms with van der Waals surface area (Å²) in [4.78, 5) is 20.9. The number of hydrogen-bond donors (Lipinski definition) is 3. The molecule has 12 heteroatoms. The van der Waals surface area contributed by atoms with E-state index in [-0.39, 0.29) is 12.0 Å². The SMILES string of the molecule is Cn1nc(OCCC2CCOC2)c2nccc(Nc3cc(C4CCC(OC(=O)NCc5cccnc5)C4)[nH]n3)c21. The van der Waals surface area contributed by atoms with E-state index in [4.69, 9.17) is 14.2 Å². The minimum absolute atomic E-state index is 0.132. The van der Waals surface area contributed by atoms with Crippen LogP contribution in [0.1, 0.15) is 49.3 Å². The lowest BCUT2D eigenvalue weighted by atomic mass is 10.0. The Morgan fingerprint density at radius 3 is 3.05 bits per heavy atom. The second-order valence-corrected chi connectivity index (χ2v) is 10.4. The molecule has 1 aliphatic carbocycles. The van der Waals surface area contributed by atoms with Gasteiger partial charge >= 0.3 is 6.09 Å². The number of H-pyrrole nitrogens is 1. The van der Waals surface area contributed by atoms with E-state index >= 15 is 0 Å². The zero-order valence-electron chi connectivity index (χ0n) is 22.5. The fraction of sp³-hybridized carbons (Fsp3) is 0.464. The van der Waals surface area contributed by atoms with Crippen molar-refractivity contribution in [3.63, 3.8) is 0 Å². The molecule has 1 aliphatic heterocycles. The predicted molar refractivity (Wildman–Crippen MR) is 147 cm³/mol. The smallest absolute Gasteiger partial charge is 0.407 e. The van der Waals surface area contributed by atoms with Crippen LogP contribution in [0.25, 0.3) is 11.0 Å². The highest BCUT2D eigenvalue weighted by Crippen LogP contribution is 2.37. The molecule has 0 bridgehead atoms. The number of rotatable bonds is 10. The molecule has 5 heterocycles. The molecule has 0 aromatic carbocycles. The van der Waals surface area contributed by atoms with E-state index in [9.17, 15) is 4.79 Å². The standard InChI is InChI=1S/C28H34N8O4/c1-36-26-22(6-10-30-25(26)27(35-36)39-12-8-18-7-11-38-17-18)32-24-14-23(33-34-24)20-4-5-21(13-20)40-28(37)31-16-19-3-2-9-29-15-19/h2-3,6,9-10,14-15,18,20-21H,4-5,7-8,11-13,16-17H2,1H3,(H,31,37)(H2,30,32,33,34). The van der Waals surface area contributed by atoms with Crippen LogP contribution in [-0.4, -0.2) is 62.0 Å². The van der Waals surface area contributed by atoms with Crippen LogP contribution in [0, 0.1) is 5.92 Å². The minimum Gasteiger partial charge on any atom is -0.475 e. The maximum Gasteiger partial charge on any atom is 0.407 e. The summed E-state index contributed by atoms with van der Waals surface area (Å²) in [5.74, 6) is 2.01. The lowest BCUT2D eigenvalue weighted by Gasteiger charge is -2.13. The largest absolute Gasteiger partial charge is 0.475 e. The Kier molecular flexibility index (Phi) is 7.76. The average molecular weight is 547 g/mol. The number of nitrogens with zero attached hydrogens (tertiary/aromatic N) is 5. The van der Waals surface area contributed by atoms with Crippen LogP contribution in [0.5, 0.6) is 5.88 Å². The predicted octanol–water partition coefficient (Wildman–Crippen LogP) is 4.20. The molecular weight excluding hydrogens is 512 g/mol. The summed E-state index contributed by atoms with van der Waals surface area (Å²) < 4.78 is 18.9. The second kappa shape index (κ2) is 11.9. The molecule has 3 atom stereocenters. The molecule has 0 spiro atoms. The number of hydrogen-bond acceptors (Lipinski definition) is 9. The van der Waals surface area contributed by atoms with Crippen molar-refractivity contribution in [2.45, 2.75) is 50.7 Å². The van der Waals surface area contributed by atoms with Crippen LogP contribution < -0.4 is 15.4 Å². The summed E-state index contributed by atoms with van der Waals surface area (Å²) in [6.45, 7) is 2.62. The van der Waals surface area contributed by atoms with Gasteiger partial charge in [-0.3, -0.25) is 14.8 Å². The Morgan fingerprint density at radius 2 is 2.20 bits per heavy atom. The third kappa shape index (κ3) is 6.01. The Balaban J connectivity index is 1.04. The molecule has 210 valence electrons. The Bertz CT molecular complexity index is 1430. The first kappa shape index (κ1) is 26.1. The number of aryl methyl sites for hydroxylation is 1. The molecule has 3 unspecified atom stereocenters. The number of ether oxygens (including phenoxy) is 3. The van der Waals surface area contributed by atoms with Crippen molar-refractivity contribution < 1.29 is 19.0 Å². The van der Waals surface area contributed by atoms with E-state index in [0.717, 1.165) is 67.8 Å². The van der Waals surface area contributed by atoms with E-state index < -0.39 is 6.09 Å². The quantitative estimate of drug-likeness (QED) is 0.267. The lowest BCUT2D eigenvalue weighted by Crippen LogP contribution is -2.27. The van der Waals surface area contributed by atoms with Crippen molar-refractivity contribution in [3.05, 3.63) is 54.1 Å². The number of carbonyl (C=O) groups is 1. The molecule has 1 saturated heterocycles. The molecule has 6 rings (SSSR count). The third-order valence-corrected chi connectivity index (χ3v) is 7.60. The van der Waals surface area contributed by atoms with Gasteiger partial charge in [-0.25, -0.2) is 9.78 Å². The molecule has 4 aromatic rings. The van der Waals surface area contributed by atoms with Crippen LogP contribution in [0.15, 0.2) is 42.9 Å². The van der Waals surface area contributed by atoms with Crippen molar-refractivity contribution in [1.82, 2.24) is 35.3 Å². The van der Waals surface area contributed by atoms with Crippen LogP contribution >= 0.6 is 0 Å². The third-order valence-electron chi connectivity index (χ3n) is 7.60. The fourth-order valence-electron chi connectivity index (χ4n) is 5.45. The monoisotopic (exact) mass is 546 g/mol. The molecule has 4 aromatic heterocycles. The van der Waals surface area contributed by atoms with E-state index in [1.165, 1.54) is 0 Å². The van der Waals surface area contributed by atoms with E-state index in [2.05, 4.69) is 35.9 Å². The first-order valence-electron chi connectivity index (χ1n) is 13.8. The number of anilines is 2. The van der Waals surface area contributed by atoms with Gasteiger partial charge in [0.2, 0.25) is 0 Å². The maximum absolute atomic E-state index is 12.3. The number of aromatic nitrogens is 6. The first-order chi connectivity index (χ1) is 19.6. The minimum atomic E-state index is -0.407. The van der Waals surface area contributed by atoms with Crippen molar-refractivity contribution in [3.8, 4) is 5.88 Å². The van der Waals surface area contributed by atoms with Crippen molar-refractivity contribution >= 4 is 28.6 Å². The van der Waals surface area contributed by atoms with Crippen LogP contribution in [0.4, 0.5) is 16.3 Å². The Labute approximate surface area is 231 Å². The Morgan fingerprint density at radius 1 is 1.25 bits per heavy atom. The van der Waals surface area contributed by atoms with Crippen molar-refractivity contribution in [2.75, 3.05) is 25.1 Å². The van der Waals surface area contributed by atoms with Gasteiger partial charge in [0.15, 0.2) is 11.3 Å². The molecule has 40 heavy (non-hydrogen) atoms. The molecule has 3 N–H and O–H groups in total. The number of fused-ring (bicyclic) bond motifs is 1. The van der Waals surface area contributed by atoms with Crippen LogP contribution in [0.3, 0.4) is 0 Å². The number of carbonyl (C=O) groups excluding carboxylic acids is 1. The average Bonchev–Trinajstić information content (AvgIpc) is 3.77. The Hall–Kier alpha value is -4.19. The zero-order valence-corrected chi connectivity index (χ0v) is 22.5. The summed E-state index contributed by atoms with van der Waals surface area (Å²) >= 11 is 0. The maximum atomic E-state index is 12.3. The van der Waals surface area contributed by atoms with E-state index in [1.54, 1.807) is 23.3 Å². The van der Waals surface area contributed by atoms with Crippen LogP contribution in [0.2, 0.25) is 0 Å². The number of nitrogens with one attached hydrogen (secondary N) is 3. The van der Waals surface area contributed by atoms with Gasteiger partial charge in [-0.2, -0.15) is 5.10 Å². The summed E-state index contributed by atoms with van der Waals surface area (Å²) in [5.41, 5.74) is 4.34. The van der Waals surface area contributed by atoms with Gasteiger partial charge in [0.05, 0.1) is 12.3 Å². The van der Waals surface area contributed by atoms with Crippen LogP contribution in [-0.2, 0) is 23.1 Å². The highest BCUT2D eigenvalue weighted by Gasteiger charge is 2.30. The van der Waals surface area contributed by atoms with Crippen molar-refractivity contribution in [1.29, 1.82) is 0 Å². The second-order valence-electron chi connectivity index (χ2n) is 10.4. The number of alkyl carbamates (subject to hydrolysis) is 1. The topological polar surface area (TPSA) is 141 Å². The van der Waals surface area contributed by atoms with Gasteiger partial charge in [0.25, 0.3) is 5.88 Å². The molecule has 2 aliphatic rings. The molecular formula is C28H34N8O4. The molecule has 1 amide bonds. The highest BCUT2D eigenvalue weighted by molar-refractivity contribution is 5.92. The molecule has 1 saturated carbocycles. The van der Waals surface area contributed by atoms with Crippen molar-refractivity contribution in [2.24, 2.45) is 13.0 Å².